The standard InChI is InChI=1S/C15H18N2O4/c1-4-8-17(11-14(18)19)15(20)16(2)10-12-6-5-7-13(9-12)21-3/h1,5-7,9H,8,10-11H2,2-3H3,(H,18,19). The Hall–Kier alpha value is -2.68. The molecule has 2 amide bonds. The number of rotatable bonds is 6. The predicted molar refractivity (Wildman–Crippen MR) is 77.9 cm³/mol. The van der Waals surface area contributed by atoms with E-state index in [-0.39, 0.29) is 6.54 Å². The summed E-state index contributed by atoms with van der Waals surface area (Å²) in [7, 11) is 3.16. The van der Waals surface area contributed by atoms with Crippen LogP contribution >= 0.6 is 0 Å². The van der Waals surface area contributed by atoms with Crippen LogP contribution in [-0.4, -0.2) is 54.2 Å². The molecule has 0 bridgehead atoms. The summed E-state index contributed by atoms with van der Waals surface area (Å²) in [6, 6.07) is 6.86. The van der Waals surface area contributed by atoms with Gasteiger partial charge in [0.2, 0.25) is 0 Å². The van der Waals surface area contributed by atoms with Gasteiger partial charge < -0.3 is 19.6 Å². The van der Waals surface area contributed by atoms with E-state index in [1.165, 1.54) is 4.90 Å². The van der Waals surface area contributed by atoms with E-state index in [4.69, 9.17) is 16.3 Å². The number of benzene rings is 1. The van der Waals surface area contributed by atoms with Gasteiger partial charge in [-0.25, -0.2) is 4.79 Å². The fourth-order valence-corrected chi connectivity index (χ4v) is 1.82. The van der Waals surface area contributed by atoms with Gasteiger partial charge in [-0.2, -0.15) is 0 Å². The maximum atomic E-state index is 12.2. The Morgan fingerprint density at radius 3 is 2.71 bits per heavy atom. The number of carbonyl (C=O) groups is 2. The van der Waals surface area contributed by atoms with Gasteiger partial charge in [-0.05, 0) is 17.7 Å². The van der Waals surface area contributed by atoms with Gasteiger partial charge in [-0.15, -0.1) is 6.42 Å². The van der Waals surface area contributed by atoms with E-state index in [9.17, 15) is 9.59 Å². The third-order valence-electron chi connectivity index (χ3n) is 2.76. The SMILES string of the molecule is C#CCN(CC(=O)O)C(=O)N(C)Cc1cccc(OC)c1. The summed E-state index contributed by atoms with van der Waals surface area (Å²) in [6.45, 7) is -0.143. The predicted octanol–water partition coefficient (Wildman–Crippen LogP) is 1.27. The summed E-state index contributed by atoms with van der Waals surface area (Å²) in [6.07, 6.45) is 5.16. The third-order valence-corrected chi connectivity index (χ3v) is 2.76. The van der Waals surface area contributed by atoms with Gasteiger partial charge in [0.25, 0.3) is 0 Å². The molecule has 0 unspecified atom stereocenters. The van der Waals surface area contributed by atoms with Gasteiger partial charge in [0.1, 0.15) is 12.3 Å². The van der Waals surface area contributed by atoms with Crippen LogP contribution in [0, 0.1) is 12.3 Å². The molecular weight excluding hydrogens is 272 g/mol. The molecule has 0 saturated carbocycles. The van der Waals surface area contributed by atoms with Crippen LogP contribution in [0.4, 0.5) is 4.79 Å². The van der Waals surface area contributed by atoms with Gasteiger partial charge in [-0.1, -0.05) is 18.1 Å². The number of terminal acetylenes is 1. The van der Waals surface area contributed by atoms with Crippen molar-refractivity contribution in [2.45, 2.75) is 6.54 Å². The van der Waals surface area contributed by atoms with Crippen molar-refractivity contribution in [1.82, 2.24) is 9.80 Å². The van der Waals surface area contributed by atoms with Crippen LogP contribution in [0.1, 0.15) is 5.56 Å². The number of amides is 2. The molecule has 1 aromatic carbocycles. The first-order chi connectivity index (χ1) is 9.97. The molecule has 0 aliphatic rings. The quantitative estimate of drug-likeness (QED) is 0.801. The molecule has 1 N–H and O–H groups in total. The fourth-order valence-electron chi connectivity index (χ4n) is 1.82. The molecule has 0 spiro atoms. The Morgan fingerprint density at radius 2 is 2.14 bits per heavy atom. The van der Waals surface area contributed by atoms with E-state index in [0.29, 0.717) is 12.3 Å². The van der Waals surface area contributed by atoms with Crippen molar-refractivity contribution in [3.05, 3.63) is 29.8 Å². The van der Waals surface area contributed by atoms with Crippen LogP contribution in [0.2, 0.25) is 0 Å². The van der Waals surface area contributed by atoms with Crippen LogP contribution < -0.4 is 4.74 Å². The fraction of sp³-hybridized carbons (Fsp3) is 0.333. The molecular formula is C15H18N2O4. The largest absolute Gasteiger partial charge is 0.497 e. The number of aliphatic carboxylic acids is 1. The highest BCUT2D eigenvalue weighted by Crippen LogP contribution is 2.14. The van der Waals surface area contributed by atoms with Gasteiger partial charge >= 0.3 is 12.0 Å². The zero-order chi connectivity index (χ0) is 15.8. The molecule has 112 valence electrons. The Morgan fingerprint density at radius 1 is 1.43 bits per heavy atom. The van der Waals surface area contributed by atoms with Crippen molar-refractivity contribution in [3.8, 4) is 18.1 Å². The smallest absolute Gasteiger partial charge is 0.323 e. The molecule has 6 heteroatoms. The Kier molecular flexibility index (Phi) is 6.08. The molecule has 1 aromatic rings. The lowest BCUT2D eigenvalue weighted by Gasteiger charge is -2.25. The number of urea groups is 1. The summed E-state index contributed by atoms with van der Waals surface area (Å²) >= 11 is 0. The van der Waals surface area contributed by atoms with Gasteiger partial charge in [-0.3, -0.25) is 4.79 Å². The minimum atomic E-state index is -1.10. The van der Waals surface area contributed by atoms with Gasteiger partial charge in [0, 0.05) is 13.6 Å². The highest BCUT2D eigenvalue weighted by atomic mass is 16.5. The van der Waals surface area contributed by atoms with Crippen molar-refractivity contribution < 1.29 is 19.4 Å². The number of carboxylic acid groups (broad SMARTS) is 1. The van der Waals surface area contributed by atoms with E-state index < -0.39 is 18.5 Å². The number of hydrogen-bond donors (Lipinski definition) is 1. The number of hydrogen-bond acceptors (Lipinski definition) is 3. The molecule has 0 aliphatic heterocycles. The summed E-state index contributed by atoms with van der Waals surface area (Å²) < 4.78 is 5.12. The average Bonchev–Trinajstić information content (AvgIpc) is 2.45. The van der Waals surface area contributed by atoms with Gasteiger partial charge in [0.05, 0.1) is 13.7 Å². The maximum Gasteiger partial charge on any atom is 0.323 e. The molecule has 1 rings (SSSR count). The maximum absolute atomic E-state index is 12.2. The van der Waals surface area contributed by atoms with Crippen LogP contribution in [0.25, 0.3) is 0 Å². The molecule has 0 heterocycles. The van der Waals surface area contributed by atoms with E-state index in [0.717, 1.165) is 10.5 Å². The number of carbonyl (C=O) groups excluding carboxylic acids is 1. The molecule has 0 saturated heterocycles. The highest BCUT2D eigenvalue weighted by Gasteiger charge is 2.19. The van der Waals surface area contributed by atoms with E-state index in [2.05, 4.69) is 5.92 Å². The second-order valence-corrected chi connectivity index (χ2v) is 4.44. The lowest BCUT2D eigenvalue weighted by Crippen LogP contribution is -2.43. The molecule has 0 aliphatic carbocycles. The summed E-state index contributed by atoms with van der Waals surface area (Å²) in [5.41, 5.74) is 0.876. The van der Waals surface area contributed by atoms with Gasteiger partial charge in [0.15, 0.2) is 0 Å². The van der Waals surface area contributed by atoms with Crippen molar-refractivity contribution >= 4 is 12.0 Å². The number of ether oxygens (including phenoxy) is 1. The second kappa shape index (κ2) is 7.80. The average molecular weight is 290 g/mol. The molecule has 21 heavy (non-hydrogen) atoms. The third kappa shape index (κ3) is 5.07. The minimum absolute atomic E-state index is 0.0480. The second-order valence-electron chi connectivity index (χ2n) is 4.44. The van der Waals surface area contributed by atoms with Crippen molar-refractivity contribution in [2.24, 2.45) is 0 Å². The molecule has 6 nitrogen and oxygen atoms in total. The molecule has 0 aromatic heterocycles. The van der Waals surface area contributed by atoms with Crippen LogP contribution in [0.15, 0.2) is 24.3 Å². The minimum Gasteiger partial charge on any atom is -0.497 e. The zero-order valence-electron chi connectivity index (χ0n) is 12.1. The van der Waals surface area contributed by atoms with E-state index in [1.807, 2.05) is 18.2 Å². The monoisotopic (exact) mass is 290 g/mol. The van der Waals surface area contributed by atoms with Crippen molar-refractivity contribution in [2.75, 3.05) is 27.2 Å². The zero-order valence-corrected chi connectivity index (χ0v) is 12.1. The summed E-state index contributed by atoms with van der Waals surface area (Å²) in [5.74, 6) is 1.88. The van der Waals surface area contributed by atoms with Crippen molar-refractivity contribution in [3.63, 3.8) is 0 Å². The summed E-state index contributed by atoms with van der Waals surface area (Å²) in [4.78, 5) is 25.5. The first kappa shape index (κ1) is 16.4. The Balaban J connectivity index is 2.75. The van der Waals surface area contributed by atoms with Crippen LogP contribution in [-0.2, 0) is 11.3 Å². The number of nitrogens with zero attached hydrogens (tertiary/aromatic N) is 2. The first-order valence-electron chi connectivity index (χ1n) is 6.26. The Bertz CT molecular complexity index is 551. The summed E-state index contributed by atoms with van der Waals surface area (Å²) in [5, 5.41) is 8.80. The van der Waals surface area contributed by atoms with Crippen LogP contribution in [0.5, 0.6) is 5.75 Å². The molecule has 0 radical (unpaired) electrons. The van der Waals surface area contributed by atoms with Crippen molar-refractivity contribution in [1.29, 1.82) is 0 Å². The molecule has 0 atom stereocenters. The lowest BCUT2D eigenvalue weighted by atomic mass is 10.2. The number of carboxylic acids is 1. The normalized spacial score (nSPS) is 9.57. The lowest BCUT2D eigenvalue weighted by molar-refractivity contribution is -0.137. The topological polar surface area (TPSA) is 70.1 Å². The van der Waals surface area contributed by atoms with Crippen LogP contribution in [0.3, 0.4) is 0 Å². The first-order valence-corrected chi connectivity index (χ1v) is 6.26. The highest BCUT2D eigenvalue weighted by molar-refractivity contribution is 5.80. The Labute approximate surface area is 123 Å². The van der Waals surface area contributed by atoms with E-state index >= 15 is 0 Å². The molecule has 0 fully saturated rings. The number of methoxy groups -OCH3 is 1. The van der Waals surface area contributed by atoms with E-state index in [1.54, 1.807) is 20.2 Å².